The second-order valence-electron chi connectivity index (χ2n) is 15.3. The largest absolute Gasteiger partial charge is 0.508 e. The molecule has 2 N–H and O–H groups in total. The SMILES string of the molecule is CC1CN(c2ccc3c(c2)CN(C2CCC(=O)NC2=O)C3=O)CC(C)N1CCCCCOc1ccc(/C=C(/CCc2ccc(O)cc2)c2ccccc2)cc1. The highest BCUT2D eigenvalue weighted by molar-refractivity contribution is 6.05. The smallest absolute Gasteiger partial charge is 0.255 e. The first kappa shape index (κ1) is 37.9. The molecular weight excluding hydrogens is 689 g/mol. The predicted molar refractivity (Wildman–Crippen MR) is 217 cm³/mol. The van der Waals surface area contributed by atoms with Crippen LogP contribution in [0.15, 0.2) is 97.1 Å². The van der Waals surface area contributed by atoms with Crippen molar-refractivity contribution in [2.75, 3.05) is 31.1 Å². The van der Waals surface area contributed by atoms with Gasteiger partial charge in [0.2, 0.25) is 11.8 Å². The van der Waals surface area contributed by atoms with Gasteiger partial charge < -0.3 is 19.6 Å². The Labute approximate surface area is 324 Å². The quantitative estimate of drug-likeness (QED) is 0.0786. The monoisotopic (exact) mass is 740 g/mol. The van der Waals surface area contributed by atoms with Crippen molar-refractivity contribution in [2.24, 2.45) is 0 Å². The molecule has 55 heavy (non-hydrogen) atoms. The van der Waals surface area contributed by atoms with Crippen molar-refractivity contribution in [3.05, 3.63) is 125 Å². The number of carbonyl (C=O) groups is 3. The van der Waals surface area contributed by atoms with Gasteiger partial charge in [-0.3, -0.25) is 24.6 Å². The number of aryl methyl sites for hydroxylation is 1. The van der Waals surface area contributed by atoms with Gasteiger partial charge in [0.25, 0.3) is 5.91 Å². The van der Waals surface area contributed by atoms with Crippen LogP contribution in [-0.4, -0.2) is 77.0 Å². The summed E-state index contributed by atoms with van der Waals surface area (Å²) in [5.41, 5.74) is 7.53. The molecule has 3 heterocycles. The third-order valence-corrected chi connectivity index (χ3v) is 11.3. The number of fused-ring (bicyclic) bond motifs is 1. The highest BCUT2D eigenvalue weighted by atomic mass is 16.5. The van der Waals surface area contributed by atoms with E-state index in [9.17, 15) is 19.5 Å². The van der Waals surface area contributed by atoms with Gasteiger partial charge >= 0.3 is 0 Å². The van der Waals surface area contributed by atoms with Crippen LogP contribution in [0.2, 0.25) is 0 Å². The molecule has 0 spiro atoms. The summed E-state index contributed by atoms with van der Waals surface area (Å²) in [5.74, 6) is 0.394. The van der Waals surface area contributed by atoms with E-state index in [1.54, 1.807) is 17.0 Å². The number of imide groups is 1. The Kier molecular flexibility index (Phi) is 12.0. The first-order valence-corrected chi connectivity index (χ1v) is 19.8. The molecule has 0 saturated carbocycles. The fourth-order valence-electron chi connectivity index (χ4n) is 8.28. The minimum absolute atomic E-state index is 0.133. The van der Waals surface area contributed by atoms with Gasteiger partial charge in [0.05, 0.1) is 6.61 Å². The zero-order valence-electron chi connectivity index (χ0n) is 32.0. The van der Waals surface area contributed by atoms with Crippen LogP contribution in [0.1, 0.15) is 85.0 Å². The van der Waals surface area contributed by atoms with E-state index in [1.807, 2.05) is 30.3 Å². The summed E-state index contributed by atoms with van der Waals surface area (Å²) in [6, 6.07) is 32.6. The van der Waals surface area contributed by atoms with Crippen LogP contribution in [0.25, 0.3) is 11.6 Å². The zero-order chi connectivity index (χ0) is 38.3. The second kappa shape index (κ2) is 17.4. The summed E-state index contributed by atoms with van der Waals surface area (Å²) in [6.45, 7) is 8.55. The number of hydrogen-bond donors (Lipinski definition) is 2. The van der Waals surface area contributed by atoms with Crippen molar-refractivity contribution in [1.82, 2.24) is 15.1 Å². The number of aromatic hydroxyl groups is 1. The average molecular weight is 741 g/mol. The number of benzene rings is 4. The van der Waals surface area contributed by atoms with Crippen LogP contribution in [0.5, 0.6) is 11.5 Å². The average Bonchev–Trinajstić information content (AvgIpc) is 3.51. The number of anilines is 1. The van der Waals surface area contributed by atoms with Crippen LogP contribution in [0.4, 0.5) is 5.69 Å². The van der Waals surface area contributed by atoms with E-state index < -0.39 is 6.04 Å². The Hall–Kier alpha value is -5.41. The van der Waals surface area contributed by atoms with Gasteiger partial charge in [-0.05, 0) is 129 Å². The Morgan fingerprint density at radius 1 is 0.873 bits per heavy atom. The molecule has 3 amide bonds. The van der Waals surface area contributed by atoms with Crippen molar-refractivity contribution in [3.8, 4) is 11.5 Å². The van der Waals surface area contributed by atoms with Gasteiger partial charge in [0.1, 0.15) is 17.5 Å². The van der Waals surface area contributed by atoms with Crippen LogP contribution >= 0.6 is 0 Å². The fraction of sp³-hybridized carbons (Fsp3) is 0.370. The maximum absolute atomic E-state index is 13.2. The molecule has 0 aromatic heterocycles. The maximum Gasteiger partial charge on any atom is 0.255 e. The molecule has 286 valence electrons. The Morgan fingerprint density at radius 2 is 1.62 bits per heavy atom. The van der Waals surface area contributed by atoms with Crippen LogP contribution in [-0.2, 0) is 22.6 Å². The number of rotatable bonds is 14. The molecule has 0 radical (unpaired) electrons. The van der Waals surface area contributed by atoms with Gasteiger partial charge in [-0.2, -0.15) is 0 Å². The number of piperazine rings is 1. The van der Waals surface area contributed by atoms with Crippen molar-refractivity contribution in [1.29, 1.82) is 0 Å². The zero-order valence-corrected chi connectivity index (χ0v) is 32.0. The van der Waals surface area contributed by atoms with E-state index in [0.29, 0.717) is 43.0 Å². The minimum atomic E-state index is -0.597. The second-order valence-corrected chi connectivity index (χ2v) is 15.3. The minimum Gasteiger partial charge on any atom is -0.508 e. The molecule has 3 aliphatic rings. The number of nitrogens with zero attached hydrogens (tertiary/aromatic N) is 3. The molecule has 7 rings (SSSR count). The molecule has 4 aromatic carbocycles. The third-order valence-electron chi connectivity index (χ3n) is 11.3. The molecule has 9 heteroatoms. The third kappa shape index (κ3) is 9.28. The highest BCUT2D eigenvalue weighted by Crippen LogP contribution is 2.32. The molecule has 0 aliphatic carbocycles. The first-order chi connectivity index (χ1) is 26.7. The summed E-state index contributed by atoms with van der Waals surface area (Å²) >= 11 is 0. The summed E-state index contributed by atoms with van der Waals surface area (Å²) in [6.07, 6.45) is 7.90. The Bertz CT molecular complexity index is 1980. The molecule has 2 fully saturated rings. The van der Waals surface area contributed by atoms with Gasteiger partial charge in [-0.25, -0.2) is 0 Å². The summed E-state index contributed by atoms with van der Waals surface area (Å²) in [5, 5.41) is 12.0. The predicted octanol–water partition coefficient (Wildman–Crippen LogP) is 7.47. The first-order valence-electron chi connectivity index (χ1n) is 19.8. The van der Waals surface area contributed by atoms with Crippen LogP contribution < -0.4 is 15.0 Å². The highest BCUT2D eigenvalue weighted by Gasteiger charge is 2.39. The summed E-state index contributed by atoms with van der Waals surface area (Å²) in [7, 11) is 0. The molecule has 3 aliphatic heterocycles. The lowest BCUT2D eigenvalue weighted by Gasteiger charge is -2.45. The number of carbonyl (C=O) groups excluding carboxylic acids is 3. The summed E-state index contributed by atoms with van der Waals surface area (Å²) in [4.78, 5) is 43.9. The number of piperidine rings is 1. The van der Waals surface area contributed by atoms with Crippen molar-refractivity contribution in [3.63, 3.8) is 0 Å². The fourth-order valence-corrected chi connectivity index (χ4v) is 8.28. The van der Waals surface area contributed by atoms with Crippen molar-refractivity contribution >= 4 is 35.1 Å². The topological polar surface area (TPSA) is 102 Å². The Balaban J connectivity index is 0.846. The van der Waals surface area contributed by atoms with Gasteiger partial charge in [-0.1, -0.05) is 60.7 Å². The van der Waals surface area contributed by atoms with E-state index in [1.165, 1.54) is 16.7 Å². The summed E-state index contributed by atoms with van der Waals surface area (Å²) < 4.78 is 6.13. The molecule has 2 saturated heterocycles. The lowest BCUT2D eigenvalue weighted by Crippen LogP contribution is -2.57. The van der Waals surface area contributed by atoms with E-state index in [-0.39, 0.29) is 24.1 Å². The Morgan fingerprint density at radius 3 is 2.35 bits per heavy atom. The number of allylic oxidation sites excluding steroid dienone is 1. The number of nitrogens with one attached hydrogen (secondary N) is 1. The van der Waals surface area contributed by atoms with E-state index in [2.05, 4.69) is 89.6 Å². The number of phenolic OH excluding ortho intramolecular Hbond substituents is 1. The van der Waals surface area contributed by atoms with Crippen LogP contribution in [0, 0.1) is 0 Å². The van der Waals surface area contributed by atoms with E-state index >= 15 is 0 Å². The van der Waals surface area contributed by atoms with Gasteiger partial charge in [0, 0.05) is 49.4 Å². The molecule has 3 unspecified atom stereocenters. The van der Waals surface area contributed by atoms with E-state index in [0.717, 1.165) is 74.3 Å². The number of ether oxygens (including phenoxy) is 1. The molecular formula is C46H52N4O5. The number of hydrogen-bond acceptors (Lipinski definition) is 7. The lowest BCUT2D eigenvalue weighted by molar-refractivity contribution is -0.136. The van der Waals surface area contributed by atoms with Crippen molar-refractivity contribution < 1.29 is 24.2 Å². The molecule has 9 nitrogen and oxygen atoms in total. The maximum atomic E-state index is 13.2. The lowest BCUT2D eigenvalue weighted by atomic mass is 9.96. The number of unbranched alkanes of at least 4 members (excludes halogenated alkanes) is 2. The number of phenols is 1. The molecule has 3 atom stereocenters. The molecule has 0 bridgehead atoms. The van der Waals surface area contributed by atoms with Gasteiger partial charge in [0.15, 0.2) is 0 Å². The van der Waals surface area contributed by atoms with Crippen LogP contribution in [0.3, 0.4) is 0 Å². The number of amides is 3. The van der Waals surface area contributed by atoms with Gasteiger partial charge in [-0.15, -0.1) is 0 Å². The van der Waals surface area contributed by atoms with E-state index in [4.69, 9.17) is 4.74 Å². The standard InChI is InChI=1S/C46H52N4O5/c1-32-29-48(39-17-22-42-38(28-39)31-50(46(42)54)43-23-24-44(52)47-45(43)53)30-33(2)49(32)25-7-4-8-26-55-41-20-14-35(15-21-41)27-37(36-9-5-3-6-10-36)16-11-34-12-18-40(51)19-13-34/h3,5-6,9-10,12-15,17-22,27-28,32-33,43,51H,4,7-8,11,16,23-26,29-31H2,1-2H3,(H,47,52,53)/b37-27-. The normalized spacial score (nSPS) is 20.4. The van der Waals surface area contributed by atoms with Crippen molar-refractivity contribution in [2.45, 2.75) is 83.5 Å². The molecule has 4 aromatic rings.